The molecule has 7 aromatic rings. The Morgan fingerprint density at radius 1 is 0.717 bits per heavy atom. The number of aromatic amines is 2. The molecule has 53 heavy (non-hydrogen) atoms. The number of hydrogen-bond donors (Lipinski definition) is 4. The summed E-state index contributed by atoms with van der Waals surface area (Å²) in [5.41, 5.74) is 5.67. The van der Waals surface area contributed by atoms with Crippen molar-refractivity contribution in [2.45, 2.75) is 50.0 Å². The van der Waals surface area contributed by atoms with Gasteiger partial charge in [0, 0.05) is 18.7 Å². The third-order valence-electron chi connectivity index (χ3n) is 10.5. The molecule has 2 aliphatic rings. The number of likely N-dealkylation sites (tertiary alicyclic amines) is 2. The van der Waals surface area contributed by atoms with Crippen molar-refractivity contribution < 1.29 is 24.2 Å². The first-order chi connectivity index (χ1) is 25.9. The minimum Gasteiger partial charge on any atom is -0.436 e. The molecule has 2 amide bonds. The van der Waals surface area contributed by atoms with Gasteiger partial charge in [0.05, 0.1) is 40.4 Å². The van der Waals surface area contributed by atoms with Crippen LogP contribution in [0.15, 0.2) is 108 Å². The summed E-state index contributed by atoms with van der Waals surface area (Å²) in [5.74, 6) is 1.63. The number of imidazole rings is 2. The van der Waals surface area contributed by atoms with Gasteiger partial charge in [0.25, 0.3) is 11.8 Å². The number of para-hydroxylation sites is 1. The number of nitrogens with zero attached hydrogens (tertiary/aromatic N) is 5. The van der Waals surface area contributed by atoms with Crippen LogP contribution in [0, 0.1) is 0 Å². The summed E-state index contributed by atoms with van der Waals surface area (Å²) in [5, 5.41) is 21.7. The van der Waals surface area contributed by atoms with Gasteiger partial charge in [0.15, 0.2) is 18.0 Å². The topological polar surface area (TPSA) is 164 Å². The normalized spacial score (nSPS) is 18.6. The molecular formula is C41H37N7O5. The molecule has 3 aromatic heterocycles. The van der Waals surface area contributed by atoms with Gasteiger partial charge in [-0.3, -0.25) is 9.59 Å². The second-order valence-corrected chi connectivity index (χ2v) is 13.7. The second-order valence-electron chi connectivity index (χ2n) is 13.7. The molecule has 0 bridgehead atoms. The number of fused-ring (bicyclic) bond motifs is 2. The Labute approximate surface area is 304 Å². The second kappa shape index (κ2) is 13.5. The van der Waals surface area contributed by atoms with Crippen molar-refractivity contribution >= 4 is 33.9 Å². The van der Waals surface area contributed by atoms with Crippen LogP contribution in [0.5, 0.6) is 0 Å². The number of nitrogens with one attached hydrogen (secondary N) is 2. The van der Waals surface area contributed by atoms with Crippen LogP contribution in [0.25, 0.3) is 44.8 Å². The molecule has 4 atom stereocenters. The maximum atomic E-state index is 13.4. The number of aliphatic hydroxyl groups is 2. The molecule has 4 N–H and O–H groups in total. The number of carbonyl (C=O) groups is 2. The van der Waals surface area contributed by atoms with E-state index in [2.05, 4.69) is 15.0 Å². The fourth-order valence-electron chi connectivity index (χ4n) is 7.75. The number of aromatic nitrogens is 5. The molecule has 0 saturated carbocycles. The van der Waals surface area contributed by atoms with Crippen LogP contribution >= 0.6 is 0 Å². The predicted molar refractivity (Wildman–Crippen MR) is 197 cm³/mol. The number of benzene rings is 4. The molecule has 2 fully saturated rings. The van der Waals surface area contributed by atoms with Gasteiger partial charge in [-0.15, -0.1) is 0 Å². The van der Waals surface area contributed by atoms with Crippen LogP contribution in [0.3, 0.4) is 0 Å². The summed E-state index contributed by atoms with van der Waals surface area (Å²) in [6.07, 6.45) is 2.31. The summed E-state index contributed by atoms with van der Waals surface area (Å²) in [7, 11) is 0. The zero-order valence-electron chi connectivity index (χ0n) is 28.7. The predicted octanol–water partition coefficient (Wildman–Crippen LogP) is 6.56. The van der Waals surface area contributed by atoms with E-state index in [0.29, 0.717) is 58.6 Å². The molecule has 266 valence electrons. The van der Waals surface area contributed by atoms with E-state index < -0.39 is 12.2 Å². The van der Waals surface area contributed by atoms with E-state index in [1.165, 1.54) is 0 Å². The zero-order chi connectivity index (χ0) is 36.1. The monoisotopic (exact) mass is 707 g/mol. The lowest BCUT2D eigenvalue weighted by Crippen LogP contribution is -2.35. The Hall–Kier alpha value is -6.11. The first-order valence-corrected chi connectivity index (χ1v) is 17.9. The lowest BCUT2D eigenvalue weighted by Gasteiger charge is -2.25. The number of oxazole rings is 1. The van der Waals surface area contributed by atoms with Gasteiger partial charge in [-0.25, -0.2) is 15.0 Å². The van der Waals surface area contributed by atoms with Crippen molar-refractivity contribution in [3.8, 4) is 22.8 Å². The Morgan fingerprint density at radius 2 is 1.32 bits per heavy atom. The van der Waals surface area contributed by atoms with Crippen molar-refractivity contribution in [3.63, 3.8) is 0 Å². The molecular weight excluding hydrogens is 670 g/mol. The highest BCUT2D eigenvalue weighted by Crippen LogP contribution is 2.38. The van der Waals surface area contributed by atoms with Crippen molar-refractivity contribution in [3.05, 3.63) is 126 Å². The van der Waals surface area contributed by atoms with E-state index in [1.807, 2.05) is 72.8 Å². The van der Waals surface area contributed by atoms with E-state index in [1.54, 1.807) is 40.3 Å². The Kier molecular flexibility index (Phi) is 8.32. The Balaban J connectivity index is 0.955. The number of carbonyl (C=O) groups excluding carboxylic acids is 2. The summed E-state index contributed by atoms with van der Waals surface area (Å²) >= 11 is 0. The van der Waals surface area contributed by atoms with E-state index in [9.17, 15) is 19.8 Å². The minimum absolute atomic E-state index is 0.267. The van der Waals surface area contributed by atoms with Crippen LogP contribution in [0.1, 0.15) is 72.8 Å². The standard InChI is InChI=1S/C41H37N7O5/c49-35(24-10-3-1-4-11-24)40(51)47-20-8-16-31(47)37-43-28-19-18-26(22-30(28)45-37)33-23-42-39(53-33)27-14-7-15-29-34(27)46-38(44-29)32-17-9-21-48(32)41(52)36(50)25-12-5-2-6-13-25/h1-7,10-15,18-19,22-23,31-32,35-36,49-50H,8-9,16-17,20-21H2,(H,43,45)(H,44,46)/t31-,32-,35+,36+/m0/s1. The van der Waals surface area contributed by atoms with Crippen LogP contribution in [0.2, 0.25) is 0 Å². The van der Waals surface area contributed by atoms with Crippen molar-refractivity contribution in [1.29, 1.82) is 0 Å². The summed E-state index contributed by atoms with van der Waals surface area (Å²) in [4.78, 5) is 51.5. The van der Waals surface area contributed by atoms with Crippen molar-refractivity contribution in [1.82, 2.24) is 34.7 Å². The molecule has 0 aliphatic carbocycles. The Morgan fingerprint density at radius 3 is 1.96 bits per heavy atom. The molecule has 12 nitrogen and oxygen atoms in total. The molecule has 9 rings (SSSR count). The van der Waals surface area contributed by atoms with E-state index in [4.69, 9.17) is 14.4 Å². The summed E-state index contributed by atoms with van der Waals surface area (Å²) in [6, 6.07) is 29.0. The van der Waals surface area contributed by atoms with Crippen LogP contribution in [-0.2, 0) is 9.59 Å². The zero-order valence-corrected chi connectivity index (χ0v) is 28.7. The first-order valence-electron chi connectivity index (χ1n) is 17.9. The number of H-pyrrole nitrogens is 2. The molecule has 2 aliphatic heterocycles. The lowest BCUT2D eigenvalue weighted by molar-refractivity contribution is -0.142. The maximum absolute atomic E-state index is 13.4. The third-order valence-corrected chi connectivity index (χ3v) is 10.5. The quantitative estimate of drug-likeness (QED) is 0.138. The van der Waals surface area contributed by atoms with Crippen LogP contribution in [-0.4, -0.2) is 69.8 Å². The van der Waals surface area contributed by atoms with E-state index >= 15 is 0 Å². The van der Waals surface area contributed by atoms with E-state index in [0.717, 1.165) is 47.8 Å². The van der Waals surface area contributed by atoms with Crippen LogP contribution < -0.4 is 0 Å². The van der Waals surface area contributed by atoms with Gasteiger partial charge in [0.1, 0.15) is 17.2 Å². The molecule has 0 unspecified atom stereocenters. The lowest BCUT2D eigenvalue weighted by atomic mass is 10.1. The van der Waals surface area contributed by atoms with Crippen LogP contribution in [0.4, 0.5) is 0 Å². The number of rotatable bonds is 8. The Bertz CT molecular complexity index is 2440. The van der Waals surface area contributed by atoms with Gasteiger partial charge in [-0.05, 0) is 67.1 Å². The molecule has 0 spiro atoms. The van der Waals surface area contributed by atoms with E-state index in [-0.39, 0.29) is 23.9 Å². The average molecular weight is 708 g/mol. The maximum Gasteiger partial charge on any atom is 0.256 e. The number of aliphatic hydroxyl groups excluding tert-OH is 2. The van der Waals surface area contributed by atoms with Gasteiger partial charge >= 0.3 is 0 Å². The van der Waals surface area contributed by atoms with Gasteiger partial charge in [0.2, 0.25) is 5.89 Å². The van der Waals surface area contributed by atoms with Gasteiger partial charge < -0.3 is 34.4 Å². The highest BCUT2D eigenvalue weighted by molar-refractivity contribution is 5.90. The molecule has 5 heterocycles. The van der Waals surface area contributed by atoms with Gasteiger partial charge in [-0.1, -0.05) is 66.7 Å². The SMILES string of the molecule is O=C([C@H](O)c1ccccc1)N1CCC[C@H]1c1nc2cc(-c3cnc(-c4cccc5[nH]c([C@@H]6CCCN6C(=O)[C@H](O)c6ccccc6)nc45)o3)ccc2[nH]1. The number of hydrogen-bond acceptors (Lipinski definition) is 8. The first kappa shape index (κ1) is 32.8. The average Bonchev–Trinajstić information content (AvgIpc) is 4.05. The summed E-state index contributed by atoms with van der Waals surface area (Å²) in [6.45, 7) is 1.09. The fraction of sp³-hybridized carbons (Fsp3) is 0.244. The third kappa shape index (κ3) is 5.95. The minimum atomic E-state index is -1.24. The highest BCUT2D eigenvalue weighted by Gasteiger charge is 2.37. The molecule has 12 heteroatoms. The molecule has 0 radical (unpaired) electrons. The van der Waals surface area contributed by atoms with Crippen molar-refractivity contribution in [2.75, 3.05) is 13.1 Å². The highest BCUT2D eigenvalue weighted by atomic mass is 16.4. The largest absolute Gasteiger partial charge is 0.436 e. The number of amides is 2. The summed E-state index contributed by atoms with van der Waals surface area (Å²) < 4.78 is 6.33. The van der Waals surface area contributed by atoms with Crippen molar-refractivity contribution in [2.24, 2.45) is 0 Å². The smallest absolute Gasteiger partial charge is 0.256 e. The van der Waals surface area contributed by atoms with Gasteiger partial charge in [-0.2, -0.15) is 0 Å². The molecule has 2 saturated heterocycles. The fourth-order valence-corrected chi connectivity index (χ4v) is 7.75. The molecule has 4 aromatic carbocycles.